The second-order valence-electron chi connectivity index (χ2n) is 4.25. The Hall–Kier alpha value is -1.63. The third-order valence-electron chi connectivity index (χ3n) is 2.72. The van der Waals surface area contributed by atoms with Crippen LogP contribution in [0, 0.1) is 0 Å². The number of amides is 1. The fourth-order valence-electron chi connectivity index (χ4n) is 1.11. The molecule has 0 aromatic carbocycles. The minimum Gasteiger partial charge on any atom is -0.480 e. The average Bonchev–Trinajstić information content (AvgIpc) is 2.32. The second kappa shape index (κ2) is 6.95. The Morgan fingerprint density at radius 1 is 1.44 bits per heavy atom. The van der Waals surface area contributed by atoms with Gasteiger partial charge in [0.1, 0.15) is 6.04 Å². The molecule has 0 aliphatic heterocycles. The first-order valence-electron chi connectivity index (χ1n) is 5.64. The van der Waals surface area contributed by atoms with E-state index >= 15 is 0 Å². The highest BCUT2D eigenvalue weighted by Gasteiger charge is 2.30. The van der Waals surface area contributed by atoms with Crippen LogP contribution in [-0.2, 0) is 19.1 Å². The smallest absolute Gasteiger partial charge is 0.326 e. The van der Waals surface area contributed by atoms with Gasteiger partial charge in [-0.3, -0.25) is 9.59 Å². The summed E-state index contributed by atoms with van der Waals surface area (Å²) in [5.41, 5.74) is 4.57. The zero-order valence-electron chi connectivity index (χ0n) is 10.9. The Morgan fingerprint density at radius 2 is 2.00 bits per heavy atom. The number of aliphatic carboxylic acids is 1. The molecule has 0 rings (SSSR count). The van der Waals surface area contributed by atoms with Crippen molar-refractivity contribution in [2.24, 2.45) is 5.73 Å². The first kappa shape index (κ1) is 16.4. The maximum absolute atomic E-state index is 11.7. The number of esters is 1. The Labute approximate surface area is 106 Å². The number of hydrogen-bond donors (Lipinski definition) is 3. The van der Waals surface area contributed by atoms with E-state index in [0.29, 0.717) is 6.42 Å². The highest BCUT2D eigenvalue weighted by molar-refractivity contribution is 5.89. The third-order valence-corrected chi connectivity index (χ3v) is 2.72. The summed E-state index contributed by atoms with van der Waals surface area (Å²) in [6.45, 7) is 3.24. The number of carboxylic acids is 1. The van der Waals surface area contributed by atoms with Crippen LogP contribution >= 0.6 is 0 Å². The number of hydrogen-bond acceptors (Lipinski definition) is 5. The summed E-state index contributed by atoms with van der Waals surface area (Å²) >= 11 is 0. The quantitative estimate of drug-likeness (QED) is 0.538. The van der Waals surface area contributed by atoms with Crippen molar-refractivity contribution in [2.75, 3.05) is 7.11 Å². The van der Waals surface area contributed by atoms with Gasteiger partial charge in [0.25, 0.3) is 0 Å². The number of carboxylic acid groups (broad SMARTS) is 1. The molecule has 0 aliphatic carbocycles. The van der Waals surface area contributed by atoms with Crippen LogP contribution in [0.5, 0.6) is 0 Å². The van der Waals surface area contributed by atoms with E-state index in [1.807, 2.05) is 0 Å². The molecule has 0 aromatic heterocycles. The largest absolute Gasteiger partial charge is 0.480 e. The number of nitrogens with one attached hydrogen (secondary N) is 1. The van der Waals surface area contributed by atoms with Gasteiger partial charge in [0.05, 0.1) is 12.6 Å². The van der Waals surface area contributed by atoms with E-state index in [0.717, 1.165) is 0 Å². The topological polar surface area (TPSA) is 119 Å². The second-order valence-corrected chi connectivity index (χ2v) is 4.25. The van der Waals surface area contributed by atoms with E-state index < -0.39 is 29.4 Å². The number of rotatable bonds is 7. The molecule has 0 saturated heterocycles. The average molecular weight is 260 g/mol. The summed E-state index contributed by atoms with van der Waals surface area (Å²) < 4.78 is 4.40. The first-order valence-corrected chi connectivity index (χ1v) is 5.64. The Morgan fingerprint density at radius 3 is 2.39 bits per heavy atom. The van der Waals surface area contributed by atoms with Gasteiger partial charge in [-0.1, -0.05) is 6.92 Å². The van der Waals surface area contributed by atoms with Gasteiger partial charge in [0.15, 0.2) is 0 Å². The van der Waals surface area contributed by atoms with E-state index in [4.69, 9.17) is 10.8 Å². The number of ether oxygens (including phenoxy) is 1. The highest BCUT2D eigenvalue weighted by atomic mass is 16.5. The predicted octanol–water partition coefficient (Wildman–Crippen LogP) is -0.364. The Kier molecular flexibility index (Phi) is 6.32. The zero-order valence-corrected chi connectivity index (χ0v) is 10.9. The lowest BCUT2D eigenvalue weighted by Crippen LogP contribution is -2.55. The van der Waals surface area contributed by atoms with Crippen LogP contribution in [0.4, 0.5) is 0 Å². The van der Waals surface area contributed by atoms with Gasteiger partial charge in [-0.05, 0) is 19.8 Å². The van der Waals surface area contributed by atoms with Gasteiger partial charge < -0.3 is 20.9 Å². The van der Waals surface area contributed by atoms with Crippen LogP contribution in [0.2, 0.25) is 0 Å². The molecule has 0 heterocycles. The SMILES string of the molecule is CCC(C)(N)C(=O)N[C@H](CCC(=O)OC)C(=O)O. The number of methoxy groups -OCH3 is 1. The Balaban J connectivity index is 4.50. The number of carbonyl (C=O) groups excluding carboxylic acids is 2. The lowest BCUT2D eigenvalue weighted by Gasteiger charge is -2.24. The van der Waals surface area contributed by atoms with Crippen molar-refractivity contribution in [1.82, 2.24) is 5.32 Å². The molecular weight excluding hydrogens is 240 g/mol. The number of carbonyl (C=O) groups is 3. The molecular formula is C11H20N2O5. The van der Waals surface area contributed by atoms with Crippen LogP contribution in [-0.4, -0.2) is 41.6 Å². The van der Waals surface area contributed by atoms with Crippen molar-refractivity contribution in [2.45, 2.75) is 44.7 Å². The summed E-state index contributed by atoms with van der Waals surface area (Å²) in [7, 11) is 1.21. The molecule has 2 atom stereocenters. The van der Waals surface area contributed by atoms with E-state index in [9.17, 15) is 14.4 Å². The molecule has 0 aromatic rings. The molecule has 1 unspecified atom stereocenters. The molecule has 104 valence electrons. The van der Waals surface area contributed by atoms with E-state index in [2.05, 4.69) is 10.1 Å². The summed E-state index contributed by atoms with van der Waals surface area (Å²) in [4.78, 5) is 33.6. The maximum atomic E-state index is 11.7. The van der Waals surface area contributed by atoms with Crippen LogP contribution in [0.1, 0.15) is 33.1 Å². The monoisotopic (exact) mass is 260 g/mol. The van der Waals surface area contributed by atoms with Gasteiger partial charge in [-0.2, -0.15) is 0 Å². The van der Waals surface area contributed by atoms with E-state index in [1.54, 1.807) is 6.92 Å². The van der Waals surface area contributed by atoms with E-state index in [-0.39, 0.29) is 12.8 Å². The van der Waals surface area contributed by atoms with Gasteiger partial charge in [-0.25, -0.2) is 4.79 Å². The normalized spacial score (nSPS) is 15.3. The van der Waals surface area contributed by atoms with E-state index in [1.165, 1.54) is 14.0 Å². The summed E-state index contributed by atoms with van der Waals surface area (Å²) in [6.07, 6.45) is 0.261. The zero-order chi connectivity index (χ0) is 14.3. The van der Waals surface area contributed by atoms with Crippen molar-refractivity contribution in [1.29, 1.82) is 0 Å². The van der Waals surface area contributed by atoms with Crippen molar-refractivity contribution in [3.63, 3.8) is 0 Å². The van der Waals surface area contributed by atoms with Crippen LogP contribution < -0.4 is 11.1 Å². The molecule has 7 heteroatoms. The molecule has 1 amide bonds. The lowest BCUT2D eigenvalue weighted by molar-refractivity contribution is -0.144. The van der Waals surface area contributed by atoms with Gasteiger partial charge in [-0.15, -0.1) is 0 Å². The van der Waals surface area contributed by atoms with Gasteiger partial charge >= 0.3 is 11.9 Å². The summed E-state index contributed by atoms with van der Waals surface area (Å²) in [5.74, 6) is -2.29. The highest BCUT2D eigenvalue weighted by Crippen LogP contribution is 2.07. The summed E-state index contributed by atoms with van der Waals surface area (Å²) in [5, 5.41) is 11.3. The fraction of sp³-hybridized carbons (Fsp3) is 0.727. The van der Waals surface area contributed by atoms with Crippen molar-refractivity contribution in [3.05, 3.63) is 0 Å². The molecule has 0 saturated carbocycles. The third kappa shape index (κ3) is 5.13. The minimum absolute atomic E-state index is 0.0342. The van der Waals surface area contributed by atoms with Crippen LogP contribution in [0.15, 0.2) is 0 Å². The molecule has 0 spiro atoms. The standard InChI is InChI=1S/C11H20N2O5/c1-4-11(2,12)10(17)13-7(9(15)16)5-6-8(14)18-3/h7H,4-6,12H2,1-3H3,(H,13,17)(H,15,16)/t7-,11?/m1/s1. The van der Waals surface area contributed by atoms with Crippen LogP contribution in [0.3, 0.4) is 0 Å². The fourth-order valence-corrected chi connectivity index (χ4v) is 1.11. The molecule has 4 N–H and O–H groups in total. The number of nitrogens with two attached hydrogens (primary N) is 1. The molecule has 7 nitrogen and oxygen atoms in total. The molecule has 18 heavy (non-hydrogen) atoms. The maximum Gasteiger partial charge on any atom is 0.326 e. The minimum atomic E-state index is -1.21. The predicted molar refractivity (Wildman–Crippen MR) is 63.7 cm³/mol. The lowest BCUT2D eigenvalue weighted by atomic mass is 9.98. The Bertz CT molecular complexity index is 327. The van der Waals surface area contributed by atoms with Crippen LogP contribution in [0.25, 0.3) is 0 Å². The molecule has 0 bridgehead atoms. The molecule has 0 aliphatic rings. The molecule has 0 fully saturated rings. The van der Waals surface area contributed by atoms with Crippen molar-refractivity contribution >= 4 is 17.8 Å². The summed E-state index contributed by atoms with van der Waals surface area (Å²) in [6, 6.07) is -1.15. The van der Waals surface area contributed by atoms with Gasteiger partial charge in [0, 0.05) is 6.42 Å². The first-order chi connectivity index (χ1) is 8.24. The molecule has 0 radical (unpaired) electrons. The van der Waals surface area contributed by atoms with Gasteiger partial charge in [0.2, 0.25) is 5.91 Å². The van der Waals surface area contributed by atoms with Crippen molar-refractivity contribution in [3.8, 4) is 0 Å². The van der Waals surface area contributed by atoms with Crippen molar-refractivity contribution < 1.29 is 24.2 Å².